The molecule has 0 bridgehead atoms. The average molecular weight is 683 g/mol. The molecule has 48 heavy (non-hydrogen) atoms. The van der Waals surface area contributed by atoms with E-state index >= 15 is 0 Å². The van der Waals surface area contributed by atoms with E-state index in [4.69, 9.17) is 23.7 Å². The number of esters is 1. The molecule has 276 valence electrons. The zero-order chi connectivity index (χ0) is 35.7. The number of hydrogen-bond donors (Lipinski definition) is 2. The van der Waals surface area contributed by atoms with Crippen LogP contribution in [0.25, 0.3) is 0 Å². The maximum atomic E-state index is 14.0. The third-order valence-corrected chi connectivity index (χ3v) is 11.4. The topological polar surface area (TPSA) is 139 Å². The van der Waals surface area contributed by atoms with Gasteiger partial charge in [0.05, 0.1) is 23.9 Å². The fourth-order valence-corrected chi connectivity index (χ4v) is 8.32. The van der Waals surface area contributed by atoms with E-state index in [0.717, 1.165) is 12.8 Å². The fraction of sp³-hybridized carbons (Fsp3) is 0.914. The number of carbonyl (C=O) groups excluding carboxylic acids is 3. The van der Waals surface area contributed by atoms with E-state index in [0.29, 0.717) is 38.4 Å². The highest BCUT2D eigenvalue weighted by Crippen LogP contribution is 2.40. The van der Waals surface area contributed by atoms with Crippen LogP contribution in [0.15, 0.2) is 0 Å². The Bertz CT molecular complexity index is 1140. The van der Waals surface area contributed by atoms with E-state index in [9.17, 15) is 19.5 Å². The zero-order valence-corrected chi connectivity index (χ0v) is 31.1. The van der Waals surface area contributed by atoms with Crippen LogP contribution in [0.4, 0.5) is 4.79 Å². The lowest BCUT2D eigenvalue weighted by atomic mass is 9.79. The first kappa shape index (κ1) is 38.9. The van der Waals surface area contributed by atoms with Crippen molar-refractivity contribution in [3.63, 3.8) is 0 Å². The number of hydrogen-bond acceptors (Lipinski definition) is 12. The van der Waals surface area contributed by atoms with Crippen LogP contribution in [-0.4, -0.2) is 152 Å². The normalized spacial score (nSPS) is 42.6. The van der Waals surface area contributed by atoms with Gasteiger partial charge in [0.1, 0.15) is 24.4 Å². The fourth-order valence-electron chi connectivity index (χ4n) is 8.32. The molecule has 4 rings (SSSR count). The van der Waals surface area contributed by atoms with Gasteiger partial charge in [0.2, 0.25) is 0 Å². The summed E-state index contributed by atoms with van der Waals surface area (Å²) < 4.78 is 31.3. The predicted molar refractivity (Wildman–Crippen MR) is 179 cm³/mol. The van der Waals surface area contributed by atoms with Crippen LogP contribution in [-0.2, 0) is 33.3 Å². The maximum Gasteiger partial charge on any atom is 0.410 e. The summed E-state index contributed by atoms with van der Waals surface area (Å²) in [6, 6.07) is -0.302. The Kier molecular flexibility index (Phi) is 12.6. The van der Waals surface area contributed by atoms with Crippen molar-refractivity contribution in [2.45, 2.75) is 146 Å². The summed E-state index contributed by atoms with van der Waals surface area (Å²) in [6.07, 6.45) is -0.961. The summed E-state index contributed by atoms with van der Waals surface area (Å²) in [5, 5.41) is 15.1. The Hall–Kier alpha value is -1.87. The second-order valence-electron chi connectivity index (χ2n) is 15.6. The third kappa shape index (κ3) is 8.35. The molecule has 0 aromatic heterocycles. The average Bonchev–Trinajstić information content (AvgIpc) is 3.82. The second-order valence-corrected chi connectivity index (χ2v) is 15.6. The van der Waals surface area contributed by atoms with E-state index in [1.54, 1.807) is 26.0 Å². The van der Waals surface area contributed by atoms with Gasteiger partial charge >= 0.3 is 12.1 Å². The zero-order valence-electron chi connectivity index (χ0n) is 31.1. The molecule has 1 aliphatic carbocycles. The first-order valence-electron chi connectivity index (χ1n) is 17.8. The van der Waals surface area contributed by atoms with E-state index in [2.05, 4.69) is 17.1 Å². The lowest BCUT2D eigenvalue weighted by Gasteiger charge is -2.47. The van der Waals surface area contributed by atoms with Crippen LogP contribution < -0.4 is 5.32 Å². The molecule has 0 aromatic carbocycles. The summed E-state index contributed by atoms with van der Waals surface area (Å²) in [4.78, 5) is 46.1. The van der Waals surface area contributed by atoms with Gasteiger partial charge in [0.15, 0.2) is 11.9 Å². The lowest BCUT2D eigenvalue weighted by molar-refractivity contribution is -0.297. The number of nitrogens with one attached hydrogen (secondary N) is 1. The lowest BCUT2D eigenvalue weighted by Crippen LogP contribution is -2.60. The van der Waals surface area contributed by atoms with Gasteiger partial charge in [-0.3, -0.25) is 9.59 Å². The van der Waals surface area contributed by atoms with Crippen molar-refractivity contribution in [1.29, 1.82) is 0 Å². The number of rotatable bonds is 8. The molecule has 13 heteroatoms. The number of aliphatic hydroxyl groups is 1. The molecule has 4 fully saturated rings. The standard InChI is InChI=1S/C35H62N4O9/c1-12-27-35(6)30(39(10)33(43)48-35)22(4)38(9)19-20(2)17-34(5,44-11)31(21(3)26(40)16-28(41)46-27)47-32-29(42)25(37(7)8)15-24(45-32)18-36-23-13-14-23/h20-25,27,29-32,36,42H,12-19H2,1-11H3/t20-,21+,22-,24+,25?,27-,29-,30-,31-,32+,34-,35-/m1/s1. The molecule has 2 N–H and O–H groups in total. The first-order valence-corrected chi connectivity index (χ1v) is 17.8. The van der Waals surface area contributed by atoms with Gasteiger partial charge in [-0.15, -0.1) is 0 Å². The molecule has 12 atom stereocenters. The van der Waals surface area contributed by atoms with Gasteiger partial charge < -0.3 is 48.8 Å². The van der Waals surface area contributed by atoms with Crippen molar-refractivity contribution in [2.75, 3.05) is 48.4 Å². The summed E-state index contributed by atoms with van der Waals surface area (Å²) >= 11 is 0. The molecule has 0 aromatic rings. The van der Waals surface area contributed by atoms with Crippen LogP contribution in [0, 0.1) is 11.8 Å². The molecule has 3 heterocycles. The van der Waals surface area contributed by atoms with Crippen molar-refractivity contribution in [1.82, 2.24) is 20.0 Å². The number of carbonyl (C=O) groups is 3. The van der Waals surface area contributed by atoms with E-state index in [1.165, 1.54) is 0 Å². The Balaban J connectivity index is 1.67. The largest absolute Gasteiger partial charge is 0.458 e. The third-order valence-electron chi connectivity index (χ3n) is 11.4. The summed E-state index contributed by atoms with van der Waals surface area (Å²) in [5.41, 5.74) is -2.13. The number of fused-ring (bicyclic) bond motifs is 1. The second kappa shape index (κ2) is 15.6. The summed E-state index contributed by atoms with van der Waals surface area (Å²) in [7, 11) is 9.18. The highest BCUT2D eigenvalue weighted by molar-refractivity contribution is 5.97. The Labute approximate surface area is 287 Å². The Morgan fingerprint density at radius 2 is 1.77 bits per heavy atom. The Morgan fingerprint density at radius 3 is 2.35 bits per heavy atom. The van der Waals surface area contributed by atoms with Crippen molar-refractivity contribution in [3.8, 4) is 0 Å². The predicted octanol–water partition coefficient (Wildman–Crippen LogP) is 2.42. The highest BCUT2D eigenvalue weighted by atomic mass is 16.7. The summed E-state index contributed by atoms with van der Waals surface area (Å²) in [5.74, 6) is -1.83. The quantitative estimate of drug-likeness (QED) is 0.287. The van der Waals surface area contributed by atoms with Crippen LogP contribution in [0.2, 0.25) is 0 Å². The Morgan fingerprint density at radius 1 is 1.10 bits per heavy atom. The minimum Gasteiger partial charge on any atom is -0.458 e. The minimum atomic E-state index is -1.13. The van der Waals surface area contributed by atoms with E-state index < -0.39 is 66.2 Å². The molecular weight excluding hydrogens is 620 g/mol. The van der Waals surface area contributed by atoms with E-state index in [1.807, 2.05) is 53.7 Å². The van der Waals surface area contributed by atoms with Crippen molar-refractivity contribution in [2.24, 2.45) is 11.8 Å². The van der Waals surface area contributed by atoms with Gasteiger partial charge in [-0.05, 0) is 79.9 Å². The van der Waals surface area contributed by atoms with Gasteiger partial charge in [0.25, 0.3) is 0 Å². The van der Waals surface area contributed by atoms with Crippen molar-refractivity contribution in [3.05, 3.63) is 0 Å². The molecule has 4 aliphatic rings. The molecule has 1 unspecified atom stereocenters. The van der Waals surface area contributed by atoms with Crippen LogP contribution >= 0.6 is 0 Å². The molecule has 0 radical (unpaired) electrons. The highest BCUT2D eigenvalue weighted by Gasteiger charge is 2.58. The number of Topliss-reactive ketones (excluding diaryl/α,β-unsaturated/α-hetero) is 1. The number of ether oxygens (including phenoxy) is 5. The van der Waals surface area contributed by atoms with Gasteiger partial charge in [-0.2, -0.15) is 0 Å². The first-order chi connectivity index (χ1) is 22.4. The number of nitrogens with zero attached hydrogens (tertiary/aromatic N) is 3. The number of likely N-dealkylation sites (N-methyl/N-ethyl adjacent to an activating group) is 3. The molecule has 3 saturated heterocycles. The van der Waals surface area contributed by atoms with E-state index in [-0.39, 0.29) is 29.9 Å². The number of ketones is 1. The molecule has 13 nitrogen and oxygen atoms in total. The maximum absolute atomic E-state index is 14.0. The molecule has 0 spiro atoms. The molecule has 1 saturated carbocycles. The SMILES string of the molecule is CC[C@H]1OC(=O)CC(=O)[C@H](C)[C@@H](O[C@@H]2O[C@H](CNC3CC3)CC(N(C)C)[C@H]2O)[C@](C)(OC)C[C@@H](C)CN(C)[C@H](C)[C@H]2N(C)C(=O)O[C@]12C. The molecular formula is C35H62N4O9. The monoisotopic (exact) mass is 682 g/mol. The number of cyclic esters (lactones) is 1. The molecule has 1 amide bonds. The summed E-state index contributed by atoms with van der Waals surface area (Å²) in [6.45, 7) is 12.8. The molecule has 3 aliphatic heterocycles. The van der Waals surface area contributed by atoms with Crippen LogP contribution in [0.1, 0.15) is 80.1 Å². The number of amides is 1. The minimum absolute atomic E-state index is 0.0533. The smallest absolute Gasteiger partial charge is 0.410 e. The van der Waals surface area contributed by atoms with Crippen LogP contribution in [0.5, 0.6) is 0 Å². The van der Waals surface area contributed by atoms with Crippen molar-refractivity contribution < 1.29 is 43.2 Å². The number of aliphatic hydroxyl groups excluding tert-OH is 1. The van der Waals surface area contributed by atoms with Gasteiger partial charge in [-0.1, -0.05) is 20.8 Å². The van der Waals surface area contributed by atoms with Crippen molar-refractivity contribution >= 4 is 17.8 Å². The van der Waals surface area contributed by atoms with Crippen LogP contribution in [0.3, 0.4) is 0 Å². The van der Waals surface area contributed by atoms with Gasteiger partial charge in [0, 0.05) is 51.3 Å². The van der Waals surface area contributed by atoms with Gasteiger partial charge in [-0.25, -0.2) is 4.79 Å². The number of methoxy groups -OCH3 is 1.